The van der Waals surface area contributed by atoms with E-state index in [1.165, 1.54) is 3.57 Å². The van der Waals surface area contributed by atoms with E-state index >= 15 is 0 Å². The Labute approximate surface area is 145 Å². The lowest BCUT2D eigenvalue weighted by molar-refractivity contribution is 0.0909. The van der Waals surface area contributed by atoms with Gasteiger partial charge in [-0.1, -0.05) is 27.7 Å². The fraction of sp³-hybridized carbons (Fsp3) is 0.444. The third-order valence-corrected chi connectivity index (χ3v) is 4.91. The van der Waals surface area contributed by atoms with Crippen LogP contribution >= 0.6 is 22.6 Å². The molecule has 0 saturated heterocycles. The maximum atomic E-state index is 12.7. The van der Waals surface area contributed by atoms with Gasteiger partial charge in [0.15, 0.2) is 5.78 Å². The predicted molar refractivity (Wildman–Crippen MR) is 96.8 cm³/mol. The van der Waals surface area contributed by atoms with Crippen LogP contribution in [-0.2, 0) is 6.42 Å². The minimum atomic E-state index is -0.000675. The summed E-state index contributed by atoms with van der Waals surface area (Å²) < 4.78 is 3.18. The summed E-state index contributed by atoms with van der Waals surface area (Å²) in [5.74, 6) is 0.496. The number of fused-ring (bicyclic) bond motifs is 1. The summed E-state index contributed by atoms with van der Waals surface area (Å²) in [6.45, 7) is 8.53. The third kappa shape index (κ3) is 2.73. The first-order valence-electron chi connectivity index (χ1n) is 7.69. The fourth-order valence-electron chi connectivity index (χ4n) is 3.18. The van der Waals surface area contributed by atoms with Crippen molar-refractivity contribution in [2.24, 2.45) is 5.41 Å². The Kier molecular flexibility index (Phi) is 3.91. The van der Waals surface area contributed by atoms with Gasteiger partial charge in [0.25, 0.3) is 0 Å². The lowest BCUT2D eigenvalue weighted by atomic mass is 9.75. The Morgan fingerprint density at radius 3 is 2.41 bits per heavy atom. The van der Waals surface area contributed by atoms with Crippen LogP contribution in [0.3, 0.4) is 0 Å². The number of carbonyl (C=O) groups excluding carboxylic acids is 1. The molecule has 1 aromatic carbocycles. The Morgan fingerprint density at radius 1 is 1.18 bits per heavy atom. The molecule has 0 fully saturated rings. The molecule has 1 heterocycles. The number of benzene rings is 1. The second kappa shape index (κ2) is 5.48. The van der Waals surface area contributed by atoms with Crippen molar-refractivity contribution < 1.29 is 4.79 Å². The maximum absolute atomic E-state index is 12.7. The average Bonchev–Trinajstić information content (AvgIpc) is 2.78. The van der Waals surface area contributed by atoms with Crippen molar-refractivity contribution in [3.05, 3.63) is 44.8 Å². The van der Waals surface area contributed by atoms with Gasteiger partial charge in [-0.05, 0) is 64.6 Å². The molecule has 0 spiro atoms. The van der Waals surface area contributed by atoms with Gasteiger partial charge in [0.2, 0.25) is 0 Å². The van der Waals surface area contributed by atoms with Gasteiger partial charge in [-0.25, -0.2) is 4.68 Å². The van der Waals surface area contributed by atoms with Gasteiger partial charge in [0, 0.05) is 9.99 Å². The molecule has 1 aliphatic carbocycles. The SMILES string of the molecule is CC(C)c1nn(-c2ccc(I)cc2)c2c1C(=O)CC(C)(C)C2. The Hall–Kier alpha value is -1.17. The minimum Gasteiger partial charge on any atom is -0.294 e. The summed E-state index contributed by atoms with van der Waals surface area (Å²) in [5, 5.41) is 4.80. The third-order valence-electron chi connectivity index (χ3n) is 4.19. The molecule has 1 aliphatic rings. The molecule has 0 N–H and O–H groups in total. The second-order valence-corrected chi connectivity index (χ2v) is 8.44. The van der Waals surface area contributed by atoms with Gasteiger partial charge in [-0.2, -0.15) is 5.10 Å². The molecule has 0 unspecified atom stereocenters. The van der Waals surface area contributed by atoms with E-state index in [1.807, 2.05) is 4.68 Å². The maximum Gasteiger partial charge on any atom is 0.167 e. The van der Waals surface area contributed by atoms with Gasteiger partial charge >= 0.3 is 0 Å². The highest BCUT2D eigenvalue weighted by Gasteiger charge is 2.37. The first-order valence-corrected chi connectivity index (χ1v) is 8.77. The highest BCUT2D eigenvalue weighted by molar-refractivity contribution is 14.1. The molecular formula is C18H21IN2O. The molecule has 0 bridgehead atoms. The summed E-state index contributed by atoms with van der Waals surface area (Å²) in [4.78, 5) is 12.7. The molecule has 1 aromatic heterocycles. The molecule has 0 atom stereocenters. The number of halogens is 1. The van der Waals surface area contributed by atoms with Gasteiger partial charge in [0.1, 0.15) is 0 Å². The molecule has 0 amide bonds. The van der Waals surface area contributed by atoms with Crippen LogP contribution in [0.5, 0.6) is 0 Å². The number of Topliss-reactive ketones (excluding diaryl/α,β-unsaturated/α-hetero) is 1. The summed E-state index contributed by atoms with van der Waals surface area (Å²) in [7, 11) is 0. The lowest BCUT2D eigenvalue weighted by Gasteiger charge is -2.29. The van der Waals surface area contributed by atoms with E-state index in [4.69, 9.17) is 5.10 Å². The molecule has 116 valence electrons. The van der Waals surface area contributed by atoms with Crippen LogP contribution in [0, 0.1) is 8.99 Å². The number of rotatable bonds is 2. The fourth-order valence-corrected chi connectivity index (χ4v) is 3.54. The molecule has 0 aliphatic heterocycles. The second-order valence-electron chi connectivity index (χ2n) is 7.19. The summed E-state index contributed by atoms with van der Waals surface area (Å²) in [6.07, 6.45) is 1.50. The molecule has 2 aromatic rings. The van der Waals surface area contributed by atoms with E-state index in [-0.39, 0.29) is 17.1 Å². The van der Waals surface area contributed by atoms with Crippen LogP contribution in [0.15, 0.2) is 24.3 Å². The number of aromatic nitrogens is 2. The van der Waals surface area contributed by atoms with Gasteiger partial charge in [-0.15, -0.1) is 0 Å². The van der Waals surface area contributed by atoms with Gasteiger partial charge < -0.3 is 0 Å². The van der Waals surface area contributed by atoms with E-state index in [2.05, 4.69) is 74.6 Å². The number of hydrogen-bond donors (Lipinski definition) is 0. The van der Waals surface area contributed by atoms with E-state index in [0.29, 0.717) is 6.42 Å². The summed E-state index contributed by atoms with van der Waals surface area (Å²) in [6, 6.07) is 8.31. The molecular weight excluding hydrogens is 387 g/mol. The zero-order chi connectivity index (χ0) is 16.1. The molecule has 3 rings (SSSR count). The number of ketones is 1. The number of hydrogen-bond acceptors (Lipinski definition) is 2. The Bertz CT molecular complexity index is 726. The zero-order valence-corrected chi connectivity index (χ0v) is 15.6. The van der Waals surface area contributed by atoms with Crippen molar-refractivity contribution in [2.75, 3.05) is 0 Å². The van der Waals surface area contributed by atoms with Gasteiger partial charge in [-0.3, -0.25) is 4.79 Å². The summed E-state index contributed by atoms with van der Waals surface area (Å²) >= 11 is 2.30. The zero-order valence-electron chi connectivity index (χ0n) is 13.5. The summed E-state index contributed by atoms with van der Waals surface area (Å²) in [5.41, 5.74) is 3.92. The average molecular weight is 408 g/mol. The first-order chi connectivity index (χ1) is 10.3. The number of nitrogens with zero attached hydrogens (tertiary/aromatic N) is 2. The normalized spacial score (nSPS) is 16.9. The lowest BCUT2D eigenvalue weighted by Crippen LogP contribution is -2.28. The molecule has 22 heavy (non-hydrogen) atoms. The van der Waals surface area contributed by atoms with Crippen LogP contribution in [0.1, 0.15) is 61.8 Å². The largest absolute Gasteiger partial charge is 0.294 e. The van der Waals surface area contributed by atoms with Crippen molar-refractivity contribution in [3.8, 4) is 5.69 Å². The molecule has 4 heteroatoms. The van der Waals surface area contributed by atoms with Crippen LogP contribution < -0.4 is 0 Å². The highest BCUT2D eigenvalue weighted by Crippen LogP contribution is 2.38. The molecule has 0 radical (unpaired) electrons. The topological polar surface area (TPSA) is 34.9 Å². The molecule has 0 saturated carbocycles. The van der Waals surface area contributed by atoms with Crippen molar-refractivity contribution >= 4 is 28.4 Å². The quantitative estimate of drug-likeness (QED) is 0.672. The minimum absolute atomic E-state index is 0.000675. The van der Waals surface area contributed by atoms with Crippen LogP contribution in [0.2, 0.25) is 0 Å². The highest BCUT2D eigenvalue weighted by atomic mass is 127. The monoisotopic (exact) mass is 408 g/mol. The smallest absolute Gasteiger partial charge is 0.167 e. The molecule has 3 nitrogen and oxygen atoms in total. The van der Waals surface area contributed by atoms with E-state index in [1.54, 1.807) is 0 Å². The number of carbonyl (C=O) groups is 1. The van der Waals surface area contributed by atoms with Crippen LogP contribution in [0.25, 0.3) is 5.69 Å². The van der Waals surface area contributed by atoms with Crippen molar-refractivity contribution in [2.45, 2.75) is 46.5 Å². The Morgan fingerprint density at radius 2 is 1.82 bits per heavy atom. The van der Waals surface area contributed by atoms with Gasteiger partial charge in [0.05, 0.1) is 22.6 Å². The van der Waals surface area contributed by atoms with Crippen molar-refractivity contribution in [1.82, 2.24) is 9.78 Å². The van der Waals surface area contributed by atoms with Crippen molar-refractivity contribution in [1.29, 1.82) is 0 Å². The van der Waals surface area contributed by atoms with Crippen molar-refractivity contribution in [3.63, 3.8) is 0 Å². The Balaban J connectivity index is 2.22. The van der Waals surface area contributed by atoms with Crippen LogP contribution in [0.4, 0.5) is 0 Å². The standard InChI is InChI=1S/C18H21IN2O/c1-11(2)17-16-14(9-18(3,4)10-15(16)22)21(20-17)13-7-5-12(19)6-8-13/h5-8,11H,9-10H2,1-4H3. The van der Waals surface area contributed by atoms with Crippen LogP contribution in [-0.4, -0.2) is 15.6 Å². The van der Waals surface area contributed by atoms with E-state index in [0.717, 1.165) is 29.1 Å². The van der Waals surface area contributed by atoms with E-state index in [9.17, 15) is 4.79 Å². The van der Waals surface area contributed by atoms with E-state index < -0.39 is 0 Å². The first kappa shape index (κ1) is 15.7. The predicted octanol–water partition coefficient (Wildman–Crippen LogP) is 4.76.